The monoisotopic (exact) mass is 248 g/mol. The maximum atomic E-state index is 11.9. The molecule has 1 aliphatic rings. The Hall–Kier alpha value is -1.84. The summed E-state index contributed by atoms with van der Waals surface area (Å²) in [6, 6.07) is 7.67. The number of benzene rings is 1. The summed E-state index contributed by atoms with van der Waals surface area (Å²) in [6.07, 6.45) is 1.40. The van der Waals surface area contributed by atoms with Crippen LogP contribution in [0.15, 0.2) is 24.3 Å². The lowest BCUT2D eigenvalue weighted by atomic mass is 9.75. The van der Waals surface area contributed by atoms with Crippen LogP contribution in [-0.4, -0.2) is 26.2 Å². The van der Waals surface area contributed by atoms with E-state index in [2.05, 4.69) is 0 Å². The average molecular weight is 248 g/mol. The van der Waals surface area contributed by atoms with E-state index in [0.717, 1.165) is 17.5 Å². The van der Waals surface area contributed by atoms with Crippen LogP contribution < -0.4 is 0 Å². The molecule has 1 aliphatic carbocycles. The summed E-state index contributed by atoms with van der Waals surface area (Å²) in [7, 11) is 2.69. The quantitative estimate of drug-likeness (QED) is 0.747. The van der Waals surface area contributed by atoms with Gasteiger partial charge in [-0.3, -0.25) is 9.59 Å². The fraction of sp³-hybridized carbons (Fsp3) is 0.429. The second kappa shape index (κ2) is 5.21. The lowest BCUT2D eigenvalue weighted by Gasteiger charge is -2.29. The number of esters is 2. The summed E-state index contributed by atoms with van der Waals surface area (Å²) < 4.78 is 9.61. The van der Waals surface area contributed by atoms with Crippen molar-refractivity contribution in [1.29, 1.82) is 0 Å². The highest BCUT2D eigenvalue weighted by molar-refractivity contribution is 5.87. The topological polar surface area (TPSA) is 52.6 Å². The van der Waals surface area contributed by atoms with Crippen LogP contribution in [0.2, 0.25) is 0 Å². The molecule has 0 amide bonds. The van der Waals surface area contributed by atoms with Crippen molar-refractivity contribution in [3.63, 3.8) is 0 Å². The molecular weight excluding hydrogens is 232 g/mol. The first kappa shape index (κ1) is 12.6. The molecule has 4 nitrogen and oxygen atoms in total. The maximum Gasteiger partial charge on any atom is 0.314 e. The van der Waals surface area contributed by atoms with Gasteiger partial charge in [-0.1, -0.05) is 24.3 Å². The number of carbonyl (C=O) groups excluding carboxylic acids is 2. The minimum atomic E-state index is -0.549. The zero-order chi connectivity index (χ0) is 13.1. The number of hydrogen-bond acceptors (Lipinski definition) is 4. The minimum absolute atomic E-state index is 0.347. The van der Waals surface area contributed by atoms with Gasteiger partial charge in [0.2, 0.25) is 0 Å². The third-order valence-electron chi connectivity index (χ3n) is 3.48. The van der Waals surface area contributed by atoms with Crippen LogP contribution in [0.5, 0.6) is 0 Å². The predicted octanol–water partition coefficient (Wildman–Crippen LogP) is 1.68. The van der Waals surface area contributed by atoms with Crippen molar-refractivity contribution in [1.82, 2.24) is 0 Å². The van der Waals surface area contributed by atoms with Crippen molar-refractivity contribution in [2.45, 2.75) is 18.8 Å². The van der Waals surface area contributed by atoms with Gasteiger partial charge in [-0.25, -0.2) is 0 Å². The Balaban J connectivity index is 2.43. The first-order chi connectivity index (χ1) is 8.69. The van der Waals surface area contributed by atoms with E-state index in [0.29, 0.717) is 6.42 Å². The van der Waals surface area contributed by atoms with Crippen LogP contribution in [0.4, 0.5) is 0 Å². The molecule has 2 rings (SSSR count). The van der Waals surface area contributed by atoms with Crippen LogP contribution in [0, 0.1) is 5.92 Å². The van der Waals surface area contributed by atoms with E-state index in [4.69, 9.17) is 9.47 Å². The number of ether oxygens (including phenoxy) is 2. The van der Waals surface area contributed by atoms with E-state index in [-0.39, 0.29) is 11.9 Å². The van der Waals surface area contributed by atoms with Gasteiger partial charge in [0.05, 0.1) is 26.1 Å². The molecule has 0 unspecified atom stereocenters. The number of methoxy groups -OCH3 is 2. The average Bonchev–Trinajstić information content (AvgIpc) is 2.44. The van der Waals surface area contributed by atoms with Gasteiger partial charge in [0, 0.05) is 0 Å². The van der Waals surface area contributed by atoms with Gasteiger partial charge in [-0.05, 0) is 24.0 Å². The normalized spacial score (nSPS) is 21.9. The maximum absolute atomic E-state index is 11.9. The van der Waals surface area contributed by atoms with E-state index in [1.807, 2.05) is 24.3 Å². The first-order valence-electron chi connectivity index (χ1n) is 5.92. The zero-order valence-electron chi connectivity index (χ0n) is 10.5. The SMILES string of the molecule is COC(=O)[C@H]1CCc2ccccc2[C@H]1C(=O)OC. The van der Waals surface area contributed by atoms with Crippen LogP contribution >= 0.6 is 0 Å². The largest absolute Gasteiger partial charge is 0.469 e. The van der Waals surface area contributed by atoms with Crippen molar-refractivity contribution < 1.29 is 19.1 Å². The summed E-state index contributed by atoms with van der Waals surface area (Å²) in [6.45, 7) is 0. The van der Waals surface area contributed by atoms with Gasteiger partial charge in [0.1, 0.15) is 0 Å². The Morgan fingerprint density at radius 3 is 2.44 bits per heavy atom. The van der Waals surface area contributed by atoms with Gasteiger partial charge in [0.15, 0.2) is 0 Å². The molecule has 18 heavy (non-hydrogen) atoms. The molecule has 0 aromatic heterocycles. The van der Waals surface area contributed by atoms with Gasteiger partial charge in [-0.15, -0.1) is 0 Å². The second-order valence-electron chi connectivity index (χ2n) is 4.37. The molecule has 0 fully saturated rings. The van der Waals surface area contributed by atoms with Crippen molar-refractivity contribution in [3.05, 3.63) is 35.4 Å². The van der Waals surface area contributed by atoms with Crippen LogP contribution in [0.1, 0.15) is 23.5 Å². The van der Waals surface area contributed by atoms with E-state index >= 15 is 0 Å². The molecule has 0 saturated carbocycles. The van der Waals surface area contributed by atoms with E-state index in [9.17, 15) is 9.59 Å². The molecule has 1 aromatic carbocycles. The molecule has 0 heterocycles. The molecule has 2 atom stereocenters. The van der Waals surface area contributed by atoms with E-state index in [1.165, 1.54) is 14.2 Å². The standard InChI is InChI=1S/C14H16O4/c1-17-13(15)11-8-7-9-5-3-4-6-10(9)12(11)14(16)18-2/h3-6,11-12H,7-8H2,1-2H3/t11-,12+/m0/s1. The fourth-order valence-corrected chi connectivity index (χ4v) is 2.58. The van der Waals surface area contributed by atoms with Crippen molar-refractivity contribution >= 4 is 11.9 Å². The lowest BCUT2D eigenvalue weighted by Crippen LogP contribution is -2.34. The van der Waals surface area contributed by atoms with Gasteiger partial charge in [0.25, 0.3) is 0 Å². The smallest absolute Gasteiger partial charge is 0.314 e. The highest BCUT2D eigenvalue weighted by Gasteiger charge is 2.40. The third kappa shape index (κ3) is 2.10. The Bertz CT molecular complexity index is 467. The number of aryl methyl sites for hydroxylation is 1. The van der Waals surface area contributed by atoms with E-state index < -0.39 is 11.8 Å². The fourth-order valence-electron chi connectivity index (χ4n) is 2.58. The summed E-state index contributed by atoms with van der Waals surface area (Å²) >= 11 is 0. The Morgan fingerprint density at radius 2 is 1.78 bits per heavy atom. The highest BCUT2D eigenvalue weighted by atomic mass is 16.5. The molecule has 0 saturated heterocycles. The van der Waals surface area contributed by atoms with Crippen LogP contribution in [0.3, 0.4) is 0 Å². The summed E-state index contributed by atoms with van der Waals surface area (Å²) in [5.41, 5.74) is 1.99. The van der Waals surface area contributed by atoms with Crippen LogP contribution in [0.25, 0.3) is 0 Å². The summed E-state index contributed by atoms with van der Waals surface area (Å²) in [5, 5.41) is 0. The molecule has 96 valence electrons. The Labute approximate surface area is 106 Å². The van der Waals surface area contributed by atoms with Crippen molar-refractivity contribution in [2.24, 2.45) is 5.92 Å². The molecule has 0 aliphatic heterocycles. The molecule has 0 N–H and O–H groups in total. The summed E-state index contributed by atoms with van der Waals surface area (Å²) in [4.78, 5) is 23.7. The van der Waals surface area contributed by atoms with Crippen molar-refractivity contribution in [2.75, 3.05) is 14.2 Å². The van der Waals surface area contributed by atoms with E-state index in [1.54, 1.807) is 0 Å². The summed E-state index contributed by atoms with van der Waals surface area (Å²) in [5.74, 6) is -1.72. The Kier molecular flexibility index (Phi) is 3.65. The Morgan fingerprint density at radius 1 is 1.11 bits per heavy atom. The second-order valence-corrected chi connectivity index (χ2v) is 4.37. The minimum Gasteiger partial charge on any atom is -0.469 e. The van der Waals surface area contributed by atoms with Gasteiger partial charge < -0.3 is 9.47 Å². The highest BCUT2D eigenvalue weighted by Crippen LogP contribution is 2.37. The lowest BCUT2D eigenvalue weighted by molar-refractivity contribution is -0.154. The molecule has 4 heteroatoms. The molecule has 1 aromatic rings. The predicted molar refractivity (Wildman–Crippen MR) is 65.0 cm³/mol. The number of carbonyl (C=O) groups is 2. The third-order valence-corrected chi connectivity index (χ3v) is 3.48. The van der Waals surface area contributed by atoms with Gasteiger partial charge in [-0.2, -0.15) is 0 Å². The van der Waals surface area contributed by atoms with Crippen molar-refractivity contribution in [3.8, 4) is 0 Å². The molecule has 0 spiro atoms. The zero-order valence-corrected chi connectivity index (χ0v) is 10.5. The molecule has 0 radical (unpaired) electrons. The first-order valence-corrected chi connectivity index (χ1v) is 5.92. The van der Waals surface area contributed by atoms with Gasteiger partial charge >= 0.3 is 11.9 Å². The number of fused-ring (bicyclic) bond motifs is 1. The van der Waals surface area contributed by atoms with Crippen LogP contribution in [-0.2, 0) is 25.5 Å². The number of hydrogen-bond donors (Lipinski definition) is 0. The molecule has 0 bridgehead atoms. The number of rotatable bonds is 2. The molecular formula is C14H16O4.